The first-order valence-corrected chi connectivity index (χ1v) is 7.81. The standard InChI is InChI=1S/C17H9ClFNOS/c18-10-5-6-13(12(19)9-10)21-14-7-8-20-16-11-3-1-2-4-15(11)22-17(14)16/h1-9H. The van der Waals surface area contributed by atoms with Gasteiger partial charge in [0.1, 0.15) is 5.75 Å². The van der Waals surface area contributed by atoms with Crippen molar-refractivity contribution in [2.45, 2.75) is 0 Å². The minimum absolute atomic E-state index is 0.148. The molecule has 2 aromatic carbocycles. The highest BCUT2D eigenvalue weighted by atomic mass is 35.5. The second-order valence-corrected chi connectivity index (χ2v) is 6.25. The van der Waals surface area contributed by atoms with Crippen molar-refractivity contribution in [1.82, 2.24) is 4.98 Å². The van der Waals surface area contributed by atoms with Crippen molar-refractivity contribution in [2.24, 2.45) is 0 Å². The Labute approximate surface area is 134 Å². The second-order valence-electron chi connectivity index (χ2n) is 4.76. The Balaban J connectivity index is 1.88. The molecule has 0 radical (unpaired) electrons. The van der Waals surface area contributed by atoms with Crippen LogP contribution in [0.15, 0.2) is 54.7 Å². The molecule has 0 aliphatic carbocycles. The first-order valence-electron chi connectivity index (χ1n) is 6.61. The summed E-state index contributed by atoms with van der Waals surface area (Å²) in [6.07, 6.45) is 1.67. The number of rotatable bonds is 2. The Morgan fingerprint density at radius 2 is 1.91 bits per heavy atom. The molecular weight excluding hydrogens is 321 g/mol. The second kappa shape index (κ2) is 5.23. The average molecular weight is 330 g/mol. The molecule has 0 amide bonds. The number of pyridine rings is 1. The number of benzene rings is 2. The molecular formula is C17H9ClFNOS. The van der Waals surface area contributed by atoms with Crippen LogP contribution in [0.25, 0.3) is 20.3 Å². The number of thiophene rings is 1. The van der Waals surface area contributed by atoms with Crippen molar-refractivity contribution < 1.29 is 9.13 Å². The molecule has 22 heavy (non-hydrogen) atoms. The van der Waals surface area contributed by atoms with E-state index in [1.807, 2.05) is 24.3 Å². The smallest absolute Gasteiger partial charge is 0.167 e. The van der Waals surface area contributed by atoms with Gasteiger partial charge in [-0.1, -0.05) is 29.8 Å². The molecule has 2 heterocycles. The molecule has 0 aliphatic rings. The lowest BCUT2D eigenvalue weighted by molar-refractivity contribution is 0.447. The summed E-state index contributed by atoms with van der Waals surface area (Å²) in [5.41, 5.74) is 0.868. The number of aromatic nitrogens is 1. The van der Waals surface area contributed by atoms with Gasteiger partial charge in [-0.3, -0.25) is 4.98 Å². The van der Waals surface area contributed by atoms with Crippen molar-refractivity contribution in [3.8, 4) is 11.5 Å². The lowest BCUT2D eigenvalue weighted by atomic mass is 10.2. The minimum atomic E-state index is -0.487. The van der Waals surface area contributed by atoms with E-state index in [2.05, 4.69) is 4.98 Å². The number of hydrogen-bond donors (Lipinski definition) is 0. The third-order valence-electron chi connectivity index (χ3n) is 3.34. The SMILES string of the molecule is Fc1cc(Cl)ccc1Oc1ccnc2c1sc1ccccc12. The Kier molecular flexibility index (Phi) is 3.21. The Hall–Kier alpha value is -2.17. The van der Waals surface area contributed by atoms with Crippen LogP contribution in [-0.4, -0.2) is 4.98 Å². The van der Waals surface area contributed by atoms with Gasteiger partial charge in [-0.2, -0.15) is 0 Å². The van der Waals surface area contributed by atoms with Crippen LogP contribution in [0.5, 0.6) is 11.5 Å². The molecule has 0 N–H and O–H groups in total. The topological polar surface area (TPSA) is 22.1 Å². The molecule has 0 saturated carbocycles. The maximum atomic E-state index is 13.9. The van der Waals surface area contributed by atoms with Crippen LogP contribution < -0.4 is 4.74 Å². The summed E-state index contributed by atoms with van der Waals surface area (Å²) in [5, 5.41) is 1.41. The monoisotopic (exact) mass is 329 g/mol. The van der Waals surface area contributed by atoms with E-state index >= 15 is 0 Å². The van der Waals surface area contributed by atoms with Gasteiger partial charge < -0.3 is 4.74 Å². The summed E-state index contributed by atoms with van der Waals surface area (Å²) in [4.78, 5) is 4.42. The fourth-order valence-electron chi connectivity index (χ4n) is 2.34. The van der Waals surface area contributed by atoms with Gasteiger partial charge in [-0.05, 0) is 24.3 Å². The van der Waals surface area contributed by atoms with E-state index in [0.29, 0.717) is 10.8 Å². The van der Waals surface area contributed by atoms with Crippen LogP contribution in [-0.2, 0) is 0 Å². The van der Waals surface area contributed by atoms with E-state index < -0.39 is 5.82 Å². The zero-order chi connectivity index (χ0) is 15.1. The Bertz CT molecular complexity index is 998. The largest absolute Gasteiger partial charge is 0.453 e. The Morgan fingerprint density at radius 1 is 1.05 bits per heavy atom. The molecule has 0 spiro atoms. The summed E-state index contributed by atoms with van der Waals surface area (Å²) in [5.74, 6) is 0.250. The molecule has 0 saturated heterocycles. The molecule has 0 fully saturated rings. The first-order chi connectivity index (χ1) is 10.7. The van der Waals surface area contributed by atoms with Gasteiger partial charge in [0.05, 0.1) is 10.2 Å². The van der Waals surface area contributed by atoms with Crippen LogP contribution in [0, 0.1) is 5.82 Å². The van der Waals surface area contributed by atoms with Crippen molar-refractivity contribution in [2.75, 3.05) is 0 Å². The highest BCUT2D eigenvalue weighted by molar-refractivity contribution is 7.26. The molecule has 108 valence electrons. The number of ether oxygens (including phenoxy) is 1. The van der Waals surface area contributed by atoms with Gasteiger partial charge >= 0.3 is 0 Å². The average Bonchev–Trinajstić information content (AvgIpc) is 2.90. The van der Waals surface area contributed by atoms with Crippen molar-refractivity contribution in [1.29, 1.82) is 0 Å². The zero-order valence-electron chi connectivity index (χ0n) is 11.2. The fraction of sp³-hybridized carbons (Fsp3) is 0. The van der Waals surface area contributed by atoms with Crippen molar-refractivity contribution >= 4 is 43.2 Å². The minimum Gasteiger partial charge on any atom is -0.453 e. The van der Waals surface area contributed by atoms with E-state index in [0.717, 1.165) is 20.3 Å². The third-order valence-corrected chi connectivity index (χ3v) is 4.75. The predicted octanol–water partition coefficient (Wildman–Crippen LogP) is 6.03. The quantitative estimate of drug-likeness (QED) is 0.447. The molecule has 5 heteroatoms. The fourth-order valence-corrected chi connectivity index (χ4v) is 3.61. The Morgan fingerprint density at radius 3 is 2.77 bits per heavy atom. The van der Waals surface area contributed by atoms with Crippen molar-refractivity contribution in [3.05, 3.63) is 65.6 Å². The summed E-state index contributed by atoms with van der Waals surface area (Å²) in [6.45, 7) is 0. The molecule has 0 bridgehead atoms. The third kappa shape index (κ3) is 2.21. The van der Waals surface area contributed by atoms with E-state index in [9.17, 15) is 4.39 Å². The number of halogens is 2. The summed E-state index contributed by atoms with van der Waals surface area (Å²) in [6, 6.07) is 14.1. The molecule has 2 nitrogen and oxygen atoms in total. The van der Waals surface area contributed by atoms with Crippen LogP contribution in [0.2, 0.25) is 5.02 Å². The highest BCUT2D eigenvalue weighted by Gasteiger charge is 2.13. The molecule has 0 unspecified atom stereocenters. The molecule has 2 aromatic heterocycles. The lowest BCUT2D eigenvalue weighted by Crippen LogP contribution is -1.89. The lowest BCUT2D eigenvalue weighted by Gasteiger charge is -2.07. The van der Waals surface area contributed by atoms with E-state index in [-0.39, 0.29) is 5.75 Å². The van der Waals surface area contributed by atoms with Gasteiger partial charge in [0.15, 0.2) is 11.6 Å². The highest BCUT2D eigenvalue weighted by Crippen LogP contribution is 2.39. The van der Waals surface area contributed by atoms with Gasteiger partial charge in [0.25, 0.3) is 0 Å². The normalized spacial score (nSPS) is 11.2. The van der Waals surface area contributed by atoms with E-state index in [1.165, 1.54) is 12.1 Å². The summed E-state index contributed by atoms with van der Waals surface area (Å²) >= 11 is 7.35. The molecule has 0 atom stereocenters. The number of hydrogen-bond acceptors (Lipinski definition) is 3. The summed E-state index contributed by atoms with van der Waals surface area (Å²) < 4.78 is 21.7. The van der Waals surface area contributed by atoms with Crippen molar-refractivity contribution in [3.63, 3.8) is 0 Å². The van der Waals surface area contributed by atoms with Gasteiger partial charge in [-0.25, -0.2) is 4.39 Å². The van der Waals surface area contributed by atoms with Crippen LogP contribution in [0.4, 0.5) is 4.39 Å². The van der Waals surface area contributed by atoms with Gasteiger partial charge in [-0.15, -0.1) is 11.3 Å². The maximum Gasteiger partial charge on any atom is 0.167 e. The predicted molar refractivity (Wildman–Crippen MR) is 88.6 cm³/mol. The molecule has 0 aliphatic heterocycles. The maximum absolute atomic E-state index is 13.9. The van der Waals surface area contributed by atoms with Crippen LogP contribution in [0.1, 0.15) is 0 Å². The first kappa shape index (κ1) is 13.5. The molecule has 4 rings (SSSR count). The van der Waals surface area contributed by atoms with Gasteiger partial charge in [0.2, 0.25) is 0 Å². The van der Waals surface area contributed by atoms with E-state index in [4.69, 9.17) is 16.3 Å². The number of fused-ring (bicyclic) bond motifs is 3. The zero-order valence-corrected chi connectivity index (χ0v) is 12.8. The van der Waals surface area contributed by atoms with Gasteiger partial charge in [0, 0.05) is 27.4 Å². The van der Waals surface area contributed by atoms with Crippen LogP contribution >= 0.6 is 22.9 Å². The molecule has 4 aromatic rings. The van der Waals surface area contributed by atoms with Crippen LogP contribution in [0.3, 0.4) is 0 Å². The summed E-state index contributed by atoms with van der Waals surface area (Å²) in [7, 11) is 0. The number of nitrogens with zero attached hydrogens (tertiary/aromatic N) is 1. The van der Waals surface area contributed by atoms with E-state index in [1.54, 1.807) is 29.7 Å².